The van der Waals surface area contributed by atoms with Crippen molar-refractivity contribution in [3.05, 3.63) is 59.1 Å². The van der Waals surface area contributed by atoms with Gasteiger partial charge in [-0.15, -0.1) is 0 Å². The molecule has 0 radical (unpaired) electrons. The van der Waals surface area contributed by atoms with E-state index in [1.54, 1.807) is 18.2 Å². The third-order valence-corrected chi connectivity index (χ3v) is 6.27. The van der Waals surface area contributed by atoms with Crippen LogP contribution in [0.15, 0.2) is 53.4 Å². The average Bonchev–Trinajstić information content (AvgIpc) is 2.64. The number of nitrogens with zero attached hydrogens (tertiary/aromatic N) is 1. The molecule has 2 aromatic rings. The van der Waals surface area contributed by atoms with Gasteiger partial charge in [-0.3, -0.25) is 14.5 Å². The summed E-state index contributed by atoms with van der Waals surface area (Å²) in [5, 5.41) is 2.73. The molecular weight excluding hydrogens is 438 g/mol. The van der Waals surface area contributed by atoms with Crippen molar-refractivity contribution in [2.24, 2.45) is 0 Å². The van der Waals surface area contributed by atoms with Gasteiger partial charge >= 0.3 is 0 Å². The van der Waals surface area contributed by atoms with E-state index in [9.17, 15) is 26.8 Å². The Bertz CT molecular complexity index is 1070. The number of alkyl halides is 2. The van der Waals surface area contributed by atoms with Gasteiger partial charge in [-0.1, -0.05) is 35.9 Å². The lowest BCUT2D eigenvalue weighted by Gasteiger charge is -2.37. The van der Waals surface area contributed by atoms with Crippen molar-refractivity contribution < 1.29 is 26.8 Å². The number of hydrogen-bond donors (Lipinski definition) is 1. The number of halogens is 3. The van der Waals surface area contributed by atoms with Crippen LogP contribution in [0.4, 0.5) is 14.5 Å². The van der Waals surface area contributed by atoms with Crippen molar-refractivity contribution in [3.63, 3.8) is 0 Å². The Balaban J connectivity index is 2.01. The lowest BCUT2D eigenvalue weighted by molar-refractivity contribution is -0.131. The van der Waals surface area contributed by atoms with Crippen LogP contribution in [0.5, 0.6) is 0 Å². The summed E-state index contributed by atoms with van der Waals surface area (Å²) >= 11 is 6.25. The third-order valence-electron chi connectivity index (χ3n) is 4.82. The number of nitrogens with one attached hydrogen (secondary N) is 1. The molecule has 1 unspecified atom stereocenters. The summed E-state index contributed by atoms with van der Waals surface area (Å²) in [7, 11) is -3.57. The molecule has 2 aromatic carbocycles. The molecular formula is C20H19ClF2N2O4S. The van der Waals surface area contributed by atoms with Crippen molar-refractivity contribution in [1.82, 2.24) is 5.32 Å². The van der Waals surface area contributed by atoms with Gasteiger partial charge in [0.2, 0.25) is 12.3 Å². The molecule has 0 saturated heterocycles. The van der Waals surface area contributed by atoms with Gasteiger partial charge in [-0.05, 0) is 24.3 Å². The number of benzene rings is 2. The molecule has 6 nitrogen and oxygen atoms in total. The van der Waals surface area contributed by atoms with Gasteiger partial charge in [0.1, 0.15) is 6.04 Å². The van der Waals surface area contributed by atoms with Crippen LogP contribution in [0, 0.1) is 0 Å². The van der Waals surface area contributed by atoms with Gasteiger partial charge < -0.3 is 5.32 Å². The number of hydrogen-bond acceptors (Lipinski definition) is 4. The maximum Gasteiger partial charge on any atom is 0.252 e. The fraction of sp³-hybridized carbons (Fsp3) is 0.300. The maximum atomic E-state index is 13.2. The number of carbonyl (C=O) groups is 2. The van der Waals surface area contributed by atoms with Gasteiger partial charge in [-0.2, -0.15) is 0 Å². The SMILES string of the molecule is CS(=O)(=O)c1cccc(N(C=O)C(C(=O)NC2CC(F)(F)C2)c2ccccc2Cl)c1. The smallest absolute Gasteiger partial charge is 0.252 e. The molecule has 0 bridgehead atoms. The number of anilines is 1. The second kappa shape index (κ2) is 8.31. The van der Waals surface area contributed by atoms with E-state index in [1.165, 1.54) is 30.3 Å². The Morgan fingerprint density at radius 1 is 1.23 bits per heavy atom. The number of rotatable bonds is 7. The van der Waals surface area contributed by atoms with Crippen LogP contribution in [0.3, 0.4) is 0 Å². The minimum atomic E-state index is -3.57. The van der Waals surface area contributed by atoms with E-state index < -0.39 is 46.6 Å². The second-order valence-electron chi connectivity index (χ2n) is 7.18. The first kappa shape index (κ1) is 22.2. The highest BCUT2D eigenvalue weighted by atomic mass is 35.5. The Kier molecular flexibility index (Phi) is 6.14. The minimum absolute atomic E-state index is 0.0381. The summed E-state index contributed by atoms with van der Waals surface area (Å²) in [6.07, 6.45) is 0.425. The van der Waals surface area contributed by atoms with E-state index in [0.29, 0.717) is 6.41 Å². The first-order valence-electron chi connectivity index (χ1n) is 8.98. The molecule has 0 aromatic heterocycles. The molecule has 3 rings (SSSR count). The number of sulfone groups is 1. The Labute approximate surface area is 177 Å². The largest absolute Gasteiger partial charge is 0.351 e. The molecule has 10 heteroatoms. The topological polar surface area (TPSA) is 83.6 Å². The van der Waals surface area contributed by atoms with Gasteiger partial charge in [-0.25, -0.2) is 17.2 Å². The van der Waals surface area contributed by atoms with Gasteiger partial charge in [0, 0.05) is 41.4 Å². The quantitative estimate of drug-likeness (QED) is 0.647. The summed E-state index contributed by atoms with van der Waals surface area (Å²) in [4.78, 5) is 26.0. The first-order valence-corrected chi connectivity index (χ1v) is 11.3. The Morgan fingerprint density at radius 2 is 1.90 bits per heavy atom. The highest BCUT2D eigenvalue weighted by Gasteiger charge is 2.47. The fourth-order valence-corrected chi connectivity index (χ4v) is 4.20. The van der Waals surface area contributed by atoms with E-state index in [2.05, 4.69) is 5.32 Å². The lowest BCUT2D eigenvalue weighted by atomic mass is 9.87. The van der Waals surface area contributed by atoms with E-state index in [1.807, 2.05) is 0 Å². The molecule has 1 atom stereocenters. The molecule has 1 aliphatic carbocycles. The van der Waals surface area contributed by atoms with Gasteiger partial charge in [0.05, 0.1) is 4.90 Å². The molecule has 0 spiro atoms. The number of carbonyl (C=O) groups excluding carboxylic acids is 2. The number of amides is 2. The molecule has 0 aliphatic heterocycles. The van der Waals surface area contributed by atoms with Crippen molar-refractivity contribution >= 4 is 39.4 Å². The third kappa shape index (κ3) is 4.79. The average molecular weight is 457 g/mol. The summed E-state index contributed by atoms with van der Waals surface area (Å²) < 4.78 is 50.2. The maximum absolute atomic E-state index is 13.2. The van der Waals surface area contributed by atoms with Gasteiger partial charge in [0.15, 0.2) is 9.84 Å². The molecule has 1 aliphatic rings. The van der Waals surface area contributed by atoms with Crippen molar-refractivity contribution in [3.8, 4) is 0 Å². The standard InChI is InChI=1S/C20H19ClF2N2O4S/c1-30(28,29)15-6-4-5-14(9-15)25(12-26)18(16-7-2-3-8-17(16)21)19(27)24-13-10-20(22,23)11-13/h2-9,12-13,18H,10-11H2,1H3,(H,24,27). The Hall–Kier alpha value is -2.52. The monoisotopic (exact) mass is 456 g/mol. The summed E-state index contributed by atoms with van der Waals surface area (Å²) in [5.74, 6) is -3.52. The second-order valence-corrected chi connectivity index (χ2v) is 9.60. The summed E-state index contributed by atoms with van der Waals surface area (Å²) in [6, 6.07) is 9.87. The molecule has 1 saturated carbocycles. The first-order chi connectivity index (χ1) is 14.0. The summed E-state index contributed by atoms with van der Waals surface area (Å²) in [6.45, 7) is 0. The Morgan fingerprint density at radius 3 is 2.47 bits per heavy atom. The predicted molar refractivity (Wildman–Crippen MR) is 108 cm³/mol. The normalized spacial score (nSPS) is 16.9. The molecule has 30 heavy (non-hydrogen) atoms. The highest BCUT2D eigenvalue weighted by Crippen LogP contribution is 2.38. The minimum Gasteiger partial charge on any atom is -0.351 e. The van der Waals surface area contributed by atoms with Crippen LogP contribution in [-0.2, 0) is 19.4 Å². The zero-order chi connectivity index (χ0) is 22.1. The van der Waals surface area contributed by atoms with Gasteiger partial charge in [0.25, 0.3) is 5.92 Å². The molecule has 160 valence electrons. The lowest BCUT2D eigenvalue weighted by Crippen LogP contribution is -2.53. The van der Waals surface area contributed by atoms with Crippen molar-refractivity contribution in [2.75, 3.05) is 11.2 Å². The van der Waals surface area contributed by atoms with Crippen molar-refractivity contribution in [1.29, 1.82) is 0 Å². The van der Waals surface area contributed by atoms with Crippen LogP contribution < -0.4 is 10.2 Å². The van der Waals surface area contributed by atoms with Crippen LogP contribution in [-0.4, -0.2) is 39.0 Å². The summed E-state index contributed by atoms with van der Waals surface area (Å²) in [5.41, 5.74) is 0.423. The van der Waals surface area contributed by atoms with E-state index >= 15 is 0 Å². The zero-order valence-electron chi connectivity index (χ0n) is 15.9. The van der Waals surface area contributed by atoms with Crippen LogP contribution >= 0.6 is 11.6 Å². The molecule has 2 amide bonds. The van der Waals surface area contributed by atoms with E-state index in [-0.39, 0.29) is 21.2 Å². The van der Waals surface area contributed by atoms with Crippen LogP contribution in [0.25, 0.3) is 0 Å². The highest BCUT2D eigenvalue weighted by molar-refractivity contribution is 7.90. The molecule has 0 heterocycles. The predicted octanol–water partition coefficient (Wildman–Crippen LogP) is 3.36. The van der Waals surface area contributed by atoms with E-state index in [4.69, 9.17) is 11.6 Å². The molecule has 1 N–H and O–H groups in total. The molecule has 1 fully saturated rings. The fourth-order valence-electron chi connectivity index (χ4n) is 3.30. The van der Waals surface area contributed by atoms with Crippen LogP contribution in [0.2, 0.25) is 5.02 Å². The zero-order valence-corrected chi connectivity index (χ0v) is 17.5. The van der Waals surface area contributed by atoms with Crippen LogP contribution in [0.1, 0.15) is 24.4 Å². The van der Waals surface area contributed by atoms with E-state index in [0.717, 1.165) is 11.2 Å². The van der Waals surface area contributed by atoms with Crippen molar-refractivity contribution in [2.45, 2.75) is 35.7 Å².